The Balaban J connectivity index is 2.32. The summed E-state index contributed by atoms with van der Waals surface area (Å²) in [5, 5.41) is 0. The van der Waals surface area contributed by atoms with E-state index in [0.29, 0.717) is 22.8 Å². The van der Waals surface area contributed by atoms with E-state index in [1.54, 1.807) is 18.2 Å². The number of hydrogen-bond donors (Lipinski definition) is 0. The minimum absolute atomic E-state index is 0.134. The van der Waals surface area contributed by atoms with Gasteiger partial charge in [0, 0.05) is 5.56 Å². The van der Waals surface area contributed by atoms with Crippen molar-refractivity contribution >= 4 is 11.9 Å². The first kappa shape index (κ1) is 16.6. The van der Waals surface area contributed by atoms with E-state index in [0.717, 1.165) is 11.1 Å². The quantitative estimate of drug-likeness (QED) is 0.599. The van der Waals surface area contributed by atoms with E-state index >= 15 is 0 Å². The Morgan fingerprint density at radius 1 is 0.957 bits per heavy atom. The van der Waals surface area contributed by atoms with Crippen LogP contribution >= 0.6 is 0 Å². The van der Waals surface area contributed by atoms with Gasteiger partial charge in [-0.25, -0.2) is 0 Å². The highest BCUT2D eigenvalue weighted by atomic mass is 16.5. The Bertz CT molecular complexity index is 707. The number of ether oxygens (including phenoxy) is 3. The van der Waals surface area contributed by atoms with Crippen LogP contribution in [0.1, 0.15) is 21.5 Å². The maximum atomic E-state index is 12.4. The molecule has 2 rings (SSSR count). The fourth-order valence-corrected chi connectivity index (χ4v) is 2.27. The summed E-state index contributed by atoms with van der Waals surface area (Å²) in [7, 11) is 4.57. The first-order valence-corrected chi connectivity index (χ1v) is 7.18. The van der Waals surface area contributed by atoms with Gasteiger partial charge < -0.3 is 14.2 Å². The highest BCUT2D eigenvalue weighted by Crippen LogP contribution is 2.38. The molecule has 0 amide bonds. The van der Waals surface area contributed by atoms with Gasteiger partial charge in [0.15, 0.2) is 17.3 Å². The van der Waals surface area contributed by atoms with Gasteiger partial charge >= 0.3 is 0 Å². The molecule has 0 aliphatic rings. The van der Waals surface area contributed by atoms with Crippen molar-refractivity contribution in [1.29, 1.82) is 0 Å². The molecule has 2 aromatic rings. The lowest BCUT2D eigenvalue weighted by molar-refractivity contribution is 0.104. The van der Waals surface area contributed by atoms with Crippen LogP contribution in [0.4, 0.5) is 0 Å². The average Bonchev–Trinajstić information content (AvgIpc) is 2.58. The topological polar surface area (TPSA) is 44.8 Å². The van der Waals surface area contributed by atoms with Gasteiger partial charge in [0.1, 0.15) is 0 Å². The van der Waals surface area contributed by atoms with Crippen molar-refractivity contribution in [3.05, 3.63) is 59.2 Å². The molecule has 0 bridgehead atoms. The van der Waals surface area contributed by atoms with E-state index in [-0.39, 0.29) is 5.78 Å². The Morgan fingerprint density at radius 2 is 1.61 bits per heavy atom. The van der Waals surface area contributed by atoms with Gasteiger partial charge in [-0.15, -0.1) is 0 Å². The average molecular weight is 312 g/mol. The molecule has 0 radical (unpaired) electrons. The molecule has 0 aliphatic heterocycles. The van der Waals surface area contributed by atoms with Crippen LogP contribution in [0.5, 0.6) is 17.2 Å². The second kappa shape index (κ2) is 7.49. The molecule has 0 N–H and O–H groups in total. The number of allylic oxidation sites excluding steroid dienone is 1. The molecular weight excluding hydrogens is 292 g/mol. The minimum atomic E-state index is -0.134. The summed E-state index contributed by atoms with van der Waals surface area (Å²) in [5.41, 5.74) is 2.60. The molecule has 4 nitrogen and oxygen atoms in total. The molecular formula is C19H20O4. The minimum Gasteiger partial charge on any atom is -0.493 e. The summed E-state index contributed by atoms with van der Waals surface area (Å²) in [5.74, 6) is 1.25. The van der Waals surface area contributed by atoms with Gasteiger partial charge in [0.05, 0.1) is 21.3 Å². The molecule has 0 atom stereocenters. The van der Waals surface area contributed by atoms with Crippen molar-refractivity contribution in [2.24, 2.45) is 0 Å². The number of benzene rings is 2. The molecule has 0 saturated carbocycles. The molecule has 120 valence electrons. The van der Waals surface area contributed by atoms with E-state index in [9.17, 15) is 4.79 Å². The van der Waals surface area contributed by atoms with Crippen molar-refractivity contribution in [2.75, 3.05) is 21.3 Å². The van der Waals surface area contributed by atoms with Crippen molar-refractivity contribution in [2.45, 2.75) is 6.92 Å². The SMILES string of the molecule is COc1cc(C(=O)/C=C/c2cccc(C)c2)cc(OC)c1OC. The van der Waals surface area contributed by atoms with Crippen LogP contribution in [-0.2, 0) is 0 Å². The summed E-state index contributed by atoms with van der Waals surface area (Å²) >= 11 is 0. The first-order valence-electron chi connectivity index (χ1n) is 7.18. The molecule has 2 aromatic carbocycles. The van der Waals surface area contributed by atoms with Crippen LogP contribution in [-0.4, -0.2) is 27.1 Å². The van der Waals surface area contributed by atoms with Crippen molar-refractivity contribution in [3.8, 4) is 17.2 Å². The van der Waals surface area contributed by atoms with Gasteiger partial charge in [-0.2, -0.15) is 0 Å². The highest BCUT2D eigenvalue weighted by molar-refractivity contribution is 6.07. The lowest BCUT2D eigenvalue weighted by atomic mass is 10.1. The number of aryl methyl sites for hydroxylation is 1. The van der Waals surface area contributed by atoms with Crippen LogP contribution in [0.3, 0.4) is 0 Å². The molecule has 0 aliphatic carbocycles. The maximum Gasteiger partial charge on any atom is 0.203 e. The number of methoxy groups -OCH3 is 3. The summed E-state index contributed by atoms with van der Waals surface area (Å²) in [6.45, 7) is 2.01. The predicted molar refractivity (Wildman–Crippen MR) is 90.6 cm³/mol. The van der Waals surface area contributed by atoms with Crippen molar-refractivity contribution < 1.29 is 19.0 Å². The van der Waals surface area contributed by atoms with Gasteiger partial charge in [-0.1, -0.05) is 35.9 Å². The zero-order chi connectivity index (χ0) is 16.8. The molecule has 0 fully saturated rings. The van der Waals surface area contributed by atoms with Gasteiger partial charge in [-0.3, -0.25) is 4.79 Å². The number of hydrogen-bond acceptors (Lipinski definition) is 4. The standard InChI is InChI=1S/C19H20O4/c1-13-6-5-7-14(10-13)8-9-16(20)15-11-17(21-2)19(23-4)18(12-15)22-3/h5-12H,1-4H3/b9-8+. The van der Waals surface area contributed by atoms with E-state index in [2.05, 4.69) is 0 Å². The molecule has 4 heteroatoms. The lowest BCUT2D eigenvalue weighted by Gasteiger charge is -2.13. The molecule has 0 spiro atoms. The molecule has 23 heavy (non-hydrogen) atoms. The van der Waals surface area contributed by atoms with Gasteiger partial charge in [-0.05, 0) is 30.7 Å². The molecule has 0 heterocycles. The van der Waals surface area contributed by atoms with Crippen LogP contribution in [0, 0.1) is 6.92 Å². The third kappa shape index (κ3) is 3.92. The lowest BCUT2D eigenvalue weighted by Crippen LogP contribution is -2.00. The Morgan fingerprint density at radius 3 is 2.13 bits per heavy atom. The number of carbonyl (C=O) groups excluding carboxylic acids is 1. The Kier molecular flexibility index (Phi) is 5.41. The fourth-order valence-electron chi connectivity index (χ4n) is 2.27. The highest BCUT2D eigenvalue weighted by Gasteiger charge is 2.15. The van der Waals surface area contributed by atoms with E-state index in [4.69, 9.17) is 14.2 Å². The summed E-state index contributed by atoms with van der Waals surface area (Å²) in [6.07, 6.45) is 3.33. The molecule has 0 saturated heterocycles. The van der Waals surface area contributed by atoms with Gasteiger partial charge in [0.2, 0.25) is 5.75 Å². The Hall–Kier alpha value is -2.75. The number of carbonyl (C=O) groups is 1. The van der Waals surface area contributed by atoms with E-state index < -0.39 is 0 Å². The smallest absolute Gasteiger partial charge is 0.203 e. The molecule has 0 unspecified atom stereocenters. The zero-order valence-electron chi connectivity index (χ0n) is 13.8. The Labute approximate surface area is 136 Å². The second-order valence-corrected chi connectivity index (χ2v) is 5.03. The normalized spacial score (nSPS) is 10.6. The predicted octanol–water partition coefficient (Wildman–Crippen LogP) is 3.92. The third-order valence-electron chi connectivity index (χ3n) is 3.42. The first-order chi connectivity index (χ1) is 11.1. The van der Waals surface area contributed by atoms with E-state index in [1.807, 2.05) is 31.2 Å². The number of ketones is 1. The van der Waals surface area contributed by atoms with Crippen LogP contribution in [0.2, 0.25) is 0 Å². The third-order valence-corrected chi connectivity index (χ3v) is 3.42. The van der Waals surface area contributed by atoms with E-state index in [1.165, 1.54) is 27.4 Å². The largest absolute Gasteiger partial charge is 0.493 e. The summed E-state index contributed by atoms with van der Waals surface area (Å²) in [6, 6.07) is 11.2. The number of rotatable bonds is 6. The van der Waals surface area contributed by atoms with Gasteiger partial charge in [0.25, 0.3) is 0 Å². The van der Waals surface area contributed by atoms with Crippen LogP contribution < -0.4 is 14.2 Å². The monoisotopic (exact) mass is 312 g/mol. The van der Waals surface area contributed by atoms with Crippen molar-refractivity contribution in [3.63, 3.8) is 0 Å². The zero-order valence-corrected chi connectivity index (χ0v) is 13.8. The van der Waals surface area contributed by atoms with Crippen LogP contribution in [0.15, 0.2) is 42.5 Å². The fraction of sp³-hybridized carbons (Fsp3) is 0.211. The second-order valence-electron chi connectivity index (χ2n) is 5.03. The summed E-state index contributed by atoms with van der Waals surface area (Å²) in [4.78, 5) is 12.4. The van der Waals surface area contributed by atoms with Crippen molar-refractivity contribution in [1.82, 2.24) is 0 Å². The van der Waals surface area contributed by atoms with Crippen LogP contribution in [0.25, 0.3) is 6.08 Å². The molecule has 0 aromatic heterocycles. The summed E-state index contributed by atoms with van der Waals surface area (Å²) < 4.78 is 15.8. The maximum absolute atomic E-state index is 12.4.